The molecule has 0 atom stereocenters. The van der Waals surface area contributed by atoms with Crippen molar-refractivity contribution in [2.45, 2.75) is 25.9 Å². The third-order valence-corrected chi connectivity index (χ3v) is 3.82. The van der Waals surface area contributed by atoms with Crippen molar-refractivity contribution < 1.29 is 4.74 Å². The van der Waals surface area contributed by atoms with Gasteiger partial charge >= 0.3 is 0 Å². The molecule has 0 unspecified atom stereocenters. The van der Waals surface area contributed by atoms with Crippen molar-refractivity contribution in [1.29, 1.82) is 10.5 Å². The summed E-state index contributed by atoms with van der Waals surface area (Å²) < 4.78 is 5.82. The number of hydrogen-bond donors (Lipinski definition) is 2. The lowest BCUT2D eigenvalue weighted by Crippen LogP contribution is -2.24. The van der Waals surface area contributed by atoms with E-state index in [0.29, 0.717) is 12.0 Å². The van der Waals surface area contributed by atoms with Crippen LogP contribution in [0.15, 0.2) is 23.0 Å². The summed E-state index contributed by atoms with van der Waals surface area (Å²) in [6.45, 7) is 3.97. The van der Waals surface area contributed by atoms with Crippen LogP contribution in [0.4, 0.5) is 5.82 Å². The number of ether oxygens (including phenoxy) is 1. The Labute approximate surface area is 132 Å². The Morgan fingerprint density at radius 2 is 1.96 bits per heavy atom. The van der Waals surface area contributed by atoms with Gasteiger partial charge in [0, 0.05) is 12.0 Å². The predicted molar refractivity (Wildman–Crippen MR) is 84.8 cm³/mol. The fraction of sp³-hybridized carbons (Fsp3) is 0.235. The largest absolute Gasteiger partial charge is 0.487 e. The van der Waals surface area contributed by atoms with Gasteiger partial charge in [-0.25, -0.2) is 0 Å². The summed E-state index contributed by atoms with van der Waals surface area (Å²) in [5.74, 6) is 0.733. The minimum absolute atomic E-state index is 0.0384. The summed E-state index contributed by atoms with van der Waals surface area (Å²) in [6.07, 6.45) is 0.707. The highest BCUT2D eigenvalue weighted by molar-refractivity contribution is 5.81. The summed E-state index contributed by atoms with van der Waals surface area (Å²) in [5.41, 5.74) is 6.66. The number of nitrogens with one attached hydrogen (secondary N) is 1. The molecule has 1 aromatic heterocycles. The first-order valence-corrected chi connectivity index (χ1v) is 7.04. The summed E-state index contributed by atoms with van der Waals surface area (Å²) in [5, 5.41) is 18.7. The van der Waals surface area contributed by atoms with Crippen molar-refractivity contribution in [3.8, 4) is 29.0 Å². The van der Waals surface area contributed by atoms with Gasteiger partial charge in [0.05, 0.1) is 0 Å². The molecule has 0 saturated carbocycles. The summed E-state index contributed by atoms with van der Waals surface area (Å²) in [6, 6.07) is 9.21. The SMILES string of the molecule is CC1(C)Cc2cc(-c3c(C#N)c(N)[nH]c(=O)c3C#N)ccc2O1. The van der Waals surface area contributed by atoms with E-state index in [1.807, 2.05) is 32.1 Å². The number of nitrogen functional groups attached to an aromatic ring is 1. The first kappa shape index (κ1) is 14.7. The molecule has 0 aliphatic carbocycles. The number of benzene rings is 1. The second-order valence-electron chi connectivity index (χ2n) is 6.08. The van der Waals surface area contributed by atoms with E-state index in [9.17, 15) is 15.3 Å². The third-order valence-electron chi connectivity index (χ3n) is 3.82. The molecule has 0 bridgehead atoms. The van der Waals surface area contributed by atoms with Crippen LogP contribution in [0.5, 0.6) is 5.75 Å². The van der Waals surface area contributed by atoms with Gasteiger partial charge in [0.25, 0.3) is 5.56 Å². The normalized spacial score (nSPS) is 14.4. The fourth-order valence-corrected chi connectivity index (χ4v) is 2.90. The summed E-state index contributed by atoms with van der Waals surface area (Å²) >= 11 is 0. The highest BCUT2D eigenvalue weighted by Crippen LogP contribution is 2.38. The lowest BCUT2D eigenvalue weighted by atomic mass is 9.93. The number of nitrogens with zero attached hydrogens (tertiary/aromatic N) is 2. The molecule has 0 amide bonds. The van der Waals surface area contributed by atoms with E-state index < -0.39 is 5.56 Å². The van der Waals surface area contributed by atoms with E-state index in [4.69, 9.17) is 10.5 Å². The molecule has 3 N–H and O–H groups in total. The quantitative estimate of drug-likeness (QED) is 0.836. The molecular formula is C17H14N4O2. The van der Waals surface area contributed by atoms with Crippen molar-refractivity contribution >= 4 is 5.82 Å². The van der Waals surface area contributed by atoms with Gasteiger partial charge < -0.3 is 15.5 Å². The second kappa shape index (κ2) is 4.89. The van der Waals surface area contributed by atoms with Gasteiger partial charge in [-0.1, -0.05) is 6.07 Å². The van der Waals surface area contributed by atoms with Gasteiger partial charge in [0.2, 0.25) is 0 Å². The first-order chi connectivity index (χ1) is 10.9. The predicted octanol–water partition coefficient (Wildman–Crippen LogP) is 2.08. The zero-order valence-corrected chi connectivity index (χ0v) is 12.7. The number of hydrogen-bond acceptors (Lipinski definition) is 5. The fourth-order valence-electron chi connectivity index (χ4n) is 2.90. The number of aromatic nitrogens is 1. The van der Waals surface area contributed by atoms with Gasteiger partial charge in [0.15, 0.2) is 0 Å². The molecule has 0 spiro atoms. The van der Waals surface area contributed by atoms with E-state index in [2.05, 4.69) is 4.98 Å². The Balaban J connectivity index is 2.28. The van der Waals surface area contributed by atoms with Crippen molar-refractivity contribution in [3.05, 3.63) is 45.2 Å². The van der Waals surface area contributed by atoms with E-state index in [1.165, 1.54) is 0 Å². The molecule has 2 aromatic rings. The Morgan fingerprint density at radius 1 is 1.26 bits per heavy atom. The maximum absolute atomic E-state index is 12.0. The van der Waals surface area contributed by atoms with Crippen LogP contribution in [-0.2, 0) is 6.42 Å². The van der Waals surface area contributed by atoms with Crippen LogP contribution in [-0.4, -0.2) is 10.6 Å². The van der Waals surface area contributed by atoms with Crippen LogP contribution in [0, 0.1) is 22.7 Å². The number of fused-ring (bicyclic) bond motifs is 1. The number of anilines is 1. The Bertz CT molecular complexity index is 958. The van der Waals surface area contributed by atoms with Crippen LogP contribution >= 0.6 is 0 Å². The molecule has 0 radical (unpaired) electrons. The van der Waals surface area contributed by atoms with Crippen LogP contribution in [0.1, 0.15) is 30.5 Å². The number of rotatable bonds is 1. The number of H-pyrrole nitrogens is 1. The molecular weight excluding hydrogens is 292 g/mol. The topological polar surface area (TPSA) is 116 Å². The summed E-state index contributed by atoms with van der Waals surface area (Å²) in [4.78, 5) is 14.3. The van der Waals surface area contributed by atoms with Crippen LogP contribution < -0.4 is 16.0 Å². The first-order valence-electron chi connectivity index (χ1n) is 7.04. The summed E-state index contributed by atoms with van der Waals surface area (Å²) in [7, 11) is 0. The Kier molecular flexibility index (Phi) is 3.12. The van der Waals surface area contributed by atoms with Gasteiger partial charge in [-0.3, -0.25) is 4.79 Å². The van der Waals surface area contributed by atoms with E-state index >= 15 is 0 Å². The minimum Gasteiger partial charge on any atom is -0.487 e. The molecule has 114 valence electrons. The molecule has 6 heteroatoms. The van der Waals surface area contributed by atoms with E-state index in [1.54, 1.807) is 12.1 Å². The van der Waals surface area contributed by atoms with Gasteiger partial charge in [-0.05, 0) is 37.1 Å². The zero-order valence-electron chi connectivity index (χ0n) is 12.7. The average Bonchev–Trinajstić information content (AvgIpc) is 2.79. The lowest BCUT2D eigenvalue weighted by Gasteiger charge is -2.16. The van der Waals surface area contributed by atoms with Gasteiger partial charge in [-0.2, -0.15) is 10.5 Å². The standard InChI is InChI=1S/C17H14N4O2/c1-17(2)6-10-5-9(3-4-13(10)23-17)14-11(7-18)15(20)21-16(22)12(14)8-19/h3-5H,6H2,1-2H3,(H3,20,21,22). The van der Waals surface area contributed by atoms with Crippen molar-refractivity contribution in [2.75, 3.05) is 5.73 Å². The molecule has 3 rings (SSSR count). The van der Waals surface area contributed by atoms with Gasteiger partial charge in [-0.15, -0.1) is 0 Å². The molecule has 0 fully saturated rings. The number of aromatic amines is 1. The average molecular weight is 306 g/mol. The monoisotopic (exact) mass is 306 g/mol. The maximum Gasteiger partial charge on any atom is 0.268 e. The third kappa shape index (κ3) is 2.31. The second-order valence-corrected chi connectivity index (χ2v) is 6.08. The number of nitriles is 2. The minimum atomic E-state index is -0.601. The molecule has 1 aliphatic rings. The molecule has 0 saturated heterocycles. The smallest absolute Gasteiger partial charge is 0.268 e. The van der Waals surface area contributed by atoms with Crippen LogP contribution in [0.2, 0.25) is 0 Å². The van der Waals surface area contributed by atoms with E-state index in [-0.39, 0.29) is 28.1 Å². The molecule has 6 nitrogen and oxygen atoms in total. The van der Waals surface area contributed by atoms with Crippen LogP contribution in [0.25, 0.3) is 11.1 Å². The zero-order chi connectivity index (χ0) is 16.8. The molecule has 1 aromatic carbocycles. The van der Waals surface area contributed by atoms with E-state index in [0.717, 1.165) is 11.3 Å². The lowest BCUT2D eigenvalue weighted by molar-refractivity contribution is 0.138. The molecule has 23 heavy (non-hydrogen) atoms. The van der Waals surface area contributed by atoms with Crippen LogP contribution in [0.3, 0.4) is 0 Å². The Morgan fingerprint density at radius 3 is 2.61 bits per heavy atom. The van der Waals surface area contributed by atoms with Crippen molar-refractivity contribution in [3.63, 3.8) is 0 Å². The maximum atomic E-state index is 12.0. The Hall–Kier alpha value is -3.25. The van der Waals surface area contributed by atoms with Gasteiger partial charge in [0.1, 0.15) is 40.4 Å². The molecule has 1 aliphatic heterocycles. The van der Waals surface area contributed by atoms with Crippen molar-refractivity contribution in [2.24, 2.45) is 0 Å². The number of pyridine rings is 1. The molecule has 2 heterocycles. The number of nitrogens with two attached hydrogens (primary N) is 1. The highest BCUT2D eigenvalue weighted by atomic mass is 16.5. The van der Waals surface area contributed by atoms with Crippen molar-refractivity contribution in [1.82, 2.24) is 4.98 Å². The highest BCUT2D eigenvalue weighted by Gasteiger charge is 2.30.